The van der Waals surface area contributed by atoms with Crippen molar-refractivity contribution in [3.63, 3.8) is 0 Å². The van der Waals surface area contributed by atoms with E-state index in [9.17, 15) is 0 Å². The lowest BCUT2D eigenvalue weighted by Gasteiger charge is -2.08. The van der Waals surface area contributed by atoms with Gasteiger partial charge in [-0.15, -0.1) is 11.8 Å². The highest BCUT2D eigenvalue weighted by molar-refractivity contribution is 7.98. The monoisotopic (exact) mass is 251 g/mol. The summed E-state index contributed by atoms with van der Waals surface area (Å²) >= 11 is 7.44. The minimum Gasteiger partial charge on any atom is -0.338 e. The summed E-state index contributed by atoms with van der Waals surface area (Å²) in [7, 11) is 0. The number of para-hydroxylation sites is 1. The van der Waals surface area contributed by atoms with Crippen molar-refractivity contribution in [1.29, 1.82) is 0 Å². The van der Waals surface area contributed by atoms with Crippen molar-refractivity contribution in [2.75, 3.05) is 11.6 Å². The number of hydrogen-bond acceptors (Lipinski definition) is 4. The fourth-order valence-corrected chi connectivity index (χ4v) is 1.99. The normalized spacial score (nSPS) is 10.1. The summed E-state index contributed by atoms with van der Waals surface area (Å²) in [5.41, 5.74) is 1.01. The smallest absolute Gasteiger partial charge is 0.150 e. The van der Waals surface area contributed by atoms with E-state index in [0.717, 1.165) is 10.6 Å². The molecule has 5 heteroatoms. The molecule has 0 aliphatic carbocycles. The van der Waals surface area contributed by atoms with Gasteiger partial charge in [0.25, 0.3) is 0 Å². The second-order valence-corrected chi connectivity index (χ2v) is 4.29. The first-order valence-electron chi connectivity index (χ1n) is 4.67. The lowest BCUT2D eigenvalue weighted by molar-refractivity contribution is 1.19. The quantitative estimate of drug-likeness (QED) is 0.846. The third-order valence-electron chi connectivity index (χ3n) is 1.97. The Morgan fingerprint density at radius 3 is 2.81 bits per heavy atom. The minimum atomic E-state index is 0.381. The molecule has 0 bridgehead atoms. The van der Waals surface area contributed by atoms with Crippen LogP contribution in [-0.2, 0) is 0 Å². The Labute approximate surface area is 103 Å². The van der Waals surface area contributed by atoms with E-state index < -0.39 is 0 Å². The fraction of sp³-hybridized carbons (Fsp3) is 0.0909. The number of nitrogens with zero attached hydrogens (tertiary/aromatic N) is 2. The molecule has 0 aliphatic rings. The van der Waals surface area contributed by atoms with Gasteiger partial charge in [-0.1, -0.05) is 23.7 Å². The summed E-state index contributed by atoms with van der Waals surface area (Å²) < 4.78 is 0. The Bertz CT molecular complexity index is 490. The number of thioether (sulfide) groups is 1. The third-order valence-corrected chi connectivity index (χ3v) is 2.95. The standard InChI is InChI=1S/C11H10ClN3S/c1-16-9-5-3-2-4-8(9)14-11-7-13-6-10(12)15-11/h2-7H,1H3,(H,14,15). The van der Waals surface area contributed by atoms with Crippen LogP contribution in [0.3, 0.4) is 0 Å². The van der Waals surface area contributed by atoms with Gasteiger partial charge in [0.15, 0.2) is 5.82 Å². The van der Waals surface area contributed by atoms with Gasteiger partial charge in [-0.05, 0) is 18.4 Å². The number of halogens is 1. The van der Waals surface area contributed by atoms with E-state index in [-0.39, 0.29) is 0 Å². The molecule has 2 rings (SSSR count). The molecule has 16 heavy (non-hydrogen) atoms. The minimum absolute atomic E-state index is 0.381. The van der Waals surface area contributed by atoms with Crippen molar-refractivity contribution in [3.05, 3.63) is 41.8 Å². The molecule has 1 aromatic carbocycles. The molecule has 1 aromatic heterocycles. The van der Waals surface area contributed by atoms with Crippen molar-refractivity contribution in [2.45, 2.75) is 4.90 Å². The zero-order valence-electron chi connectivity index (χ0n) is 8.64. The van der Waals surface area contributed by atoms with Gasteiger partial charge >= 0.3 is 0 Å². The zero-order chi connectivity index (χ0) is 11.4. The highest BCUT2D eigenvalue weighted by Gasteiger charge is 2.02. The van der Waals surface area contributed by atoms with Crippen LogP contribution in [0, 0.1) is 0 Å². The van der Waals surface area contributed by atoms with E-state index >= 15 is 0 Å². The van der Waals surface area contributed by atoms with E-state index in [0.29, 0.717) is 11.0 Å². The molecule has 0 atom stereocenters. The van der Waals surface area contributed by atoms with Crippen molar-refractivity contribution in [3.8, 4) is 0 Å². The second kappa shape index (κ2) is 5.18. The topological polar surface area (TPSA) is 37.8 Å². The molecule has 0 radical (unpaired) electrons. The van der Waals surface area contributed by atoms with Crippen LogP contribution >= 0.6 is 23.4 Å². The van der Waals surface area contributed by atoms with Crippen molar-refractivity contribution in [1.82, 2.24) is 9.97 Å². The Morgan fingerprint density at radius 2 is 2.06 bits per heavy atom. The van der Waals surface area contributed by atoms with Crippen molar-refractivity contribution < 1.29 is 0 Å². The van der Waals surface area contributed by atoms with Crippen LogP contribution in [0.5, 0.6) is 0 Å². The highest BCUT2D eigenvalue weighted by Crippen LogP contribution is 2.26. The maximum Gasteiger partial charge on any atom is 0.150 e. The van der Waals surface area contributed by atoms with E-state index in [1.54, 1.807) is 18.0 Å². The number of aromatic nitrogens is 2. The molecule has 0 saturated carbocycles. The van der Waals surface area contributed by atoms with Gasteiger partial charge in [0, 0.05) is 4.90 Å². The van der Waals surface area contributed by atoms with Crippen LogP contribution in [0.1, 0.15) is 0 Å². The molecule has 0 unspecified atom stereocenters. The predicted molar refractivity (Wildman–Crippen MR) is 68.5 cm³/mol. The molecule has 3 nitrogen and oxygen atoms in total. The highest BCUT2D eigenvalue weighted by atomic mass is 35.5. The average Bonchev–Trinajstić information content (AvgIpc) is 2.30. The first kappa shape index (κ1) is 11.2. The molecule has 0 spiro atoms. The van der Waals surface area contributed by atoms with E-state index in [4.69, 9.17) is 11.6 Å². The van der Waals surface area contributed by atoms with Gasteiger partial charge in [-0.25, -0.2) is 4.98 Å². The fourth-order valence-electron chi connectivity index (χ4n) is 1.29. The summed E-state index contributed by atoms with van der Waals surface area (Å²) in [5.74, 6) is 0.647. The molecule has 1 heterocycles. The summed E-state index contributed by atoms with van der Waals surface area (Å²) in [5, 5.41) is 3.57. The summed E-state index contributed by atoms with van der Waals surface area (Å²) in [6.07, 6.45) is 5.18. The number of benzene rings is 1. The van der Waals surface area contributed by atoms with Gasteiger partial charge < -0.3 is 5.32 Å². The Morgan fingerprint density at radius 1 is 1.25 bits per heavy atom. The van der Waals surface area contributed by atoms with Gasteiger partial charge in [0.2, 0.25) is 0 Å². The zero-order valence-corrected chi connectivity index (χ0v) is 10.2. The Balaban J connectivity index is 2.26. The maximum absolute atomic E-state index is 5.77. The average molecular weight is 252 g/mol. The summed E-state index contributed by atoms with van der Waals surface area (Å²) in [4.78, 5) is 9.26. The maximum atomic E-state index is 5.77. The van der Waals surface area contributed by atoms with Crippen LogP contribution in [0.15, 0.2) is 41.6 Å². The lowest BCUT2D eigenvalue weighted by atomic mass is 10.3. The van der Waals surface area contributed by atoms with E-state index in [1.165, 1.54) is 6.20 Å². The molecule has 1 N–H and O–H groups in total. The van der Waals surface area contributed by atoms with Crippen molar-refractivity contribution >= 4 is 34.9 Å². The third kappa shape index (κ3) is 2.65. The lowest BCUT2D eigenvalue weighted by Crippen LogP contribution is -1.95. The summed E-state index contributed by atoms with van der Waals surface area (Å²) in [6.45, 7) is 0. The largest absolute Gasteiger partial charge is 0.338 e. The molecule has 0 saturated heterocycles. The number of rotatable bonds is 3. The van der Waals surface area contributed by atoms with Gasteiger partial charge in [-0.3, -0.25) is 4.98 Å². The first-order valence-corrected chi connectivity index (χ1v) is 6.27. The second-order valence-electron chi connectivity index (χ2n) is 3.05. The SMILES string of the molecule is CSc1ccccc1Nc1cncc(Cl)n1. The molecule has 0 amide bonds. The van der Waals surface area contributed by atoms with Gasteiger partial charge in [0.1, 0.15) is 5.15 Å². The van der Waals surface area contributed by atoms with Crippen LogP contribution in [0.2, 0.25) is 5.15 Å². The molecular formula is C11H10ClN3S. The van der Waals surface area contributed by atoms with Crippen LogP contribution in [-0.4, -0.2) is 16.2 Å². The first-order chi connectivity index (χ1) is 7.79. The predicted octanol–water partition coefficient (Wildman–Crippen LogP) is 3.60. The summed E-state index contributed by atoms with van der Waals surface area (Å²) in [6, 6.07) is 8.01. The number of nitrogens with one attached hydrogen (secondary N) is 1. The molecule has 0 aliphatic heterocycles. The number of hydrogen-bond donors (Lipinski definition) is 1. The van der Waals surface area contributed by atoms with Crippen LogP contribution in [0.4, 0.5) is 11.5 Å². The number of anilines is 2. The van der Waals surface area contributed by atoms with Gasteiger partial charge in [-0.2, -0.15) is 0 Å². The van der Waals surface area contributed by atoms with Crippen LogP contribution < -0.4 is 5.32 Å². The van der Waals surface area contributed by atoms with Gasteiger partial charge in [0.05, 0.1) is 18.1 Å². The van der Waals surface area contributed by atoms with E-state index in [1.807, 2.05) is 30.5 Å². The van der Waals surface area contributed by atoms with Crippen molar-refractivity contribution in [2.24, 2.45) is 0 Å². The molecular weight excluding hydrogens is 242 g/mol. The Hall–Kier alpha value is -1.26. The van der Waals surface area contributed by atoms with E-state index in [2.05, 4.69) is 15.3 Å². The molecule has 0 fully saturated rings. The molecule has 82 valence electrons. The molecule has 2 aromatic rings. The van der Waals surface area contributed by atoms with Crippen LogP contribution in [0.25, 0.3) is 0 Å². The Kier molecular flexibility index (Phi) is 3.64.